The van der Waals surface area contributed by atoms with Gasteiger partial charge in [-0.1, -0.05) is 30.3 Å². The molecule has 0 aliphatic carbocycles. The van der Waals surface area contributed by atoms with E-state index in [1.54, 1.807) is 0 Å². The van der Waals surface area contributed by atoms with Crippen LogP contribution in [0.5, 0.6) is 0 Å². The number of phosphoric ester groups is 1. The van der Waals surface area contributed by atoms with E-state index in [4.69, 9.17) is 9.63 Å². The summed E-state index contributed by atoms with van der Waals surface area (Å²) in [5.74, 6) is 0.380. The molecule has 4 rings (SSSR count). The Hall–Kier alpha value is -1.14. The molecule has 1 aromatic carbocycles. The molecule has 1 saturated heterocycles. The smallest absolute Gasteiger partial charge is 0.756 e. The molecule has 1 aliphatic heterocycles. The van der Waals surface area contributed by atoms with E-state index in [1.165, 1.54) is 17.2 Å². The monoisotopic (exact) mass is 619 g/mol. The third-order valence-electron chi connectivity index (χ3n) is 5.09. The van der Waals surface area contributed by atoms with Crippen LogP contribution in [-0.2, 0) is 38.1 Å². The molecule has 3 heterocycles. The fraction of sp³-hybridized carbons (Fsp3) is 0.353. The van der Waals surface area contributed by atoms with Gasteiger partial charge in [0.25, 0.3) is 7.82 Å². The van der Waals surface area contributed by atoms with Crippen molar-refractivity contribution in [2.75, 3.05) is 11.9 Å². The molecule has 3 unspecified atom stereocenters. The molecular formula is C17H21N5NaO13P3. The molecule has 6 N–H and O–H groups in total. The summed E-state index contributed by atoms with van der Waals surface area (Å²) < 4.78 is 52.4. The van der Waals surface area contributed by atoms with Gasteiger partial charge in [0.1, 0.15) is 24.6 Å². The molecule has 7 atom stereocenters. The van der Waals surface area contributed by atoms with Crippen LogP contribution in [0.25, 0.3) is 11.2 Å². The number of fused-ring (bicyclic) bond motifs is 1. The molecule has 39 heavy (non-hydrogen) atoms. The van der Waals surface area contributed by atoms with Crippen LogP contribution in [0.15, 0.2) is 43.0 Å². The first kappa shape index (κ1) is 32.4. The molecule has 0 spiro atoms. The van der Waals surface area contributed by atoms with Gasteiger partial charge >= 0.3 is 45.2 Å². The maximum absolute atomic E-state index is 11.9. The Bertz CT molecular complexity index is 1430. The number of anilines is 1. The zero-order valence-electron chi connectivity index (χ0n) is 19.9. The molecule has 0 saturated carbocycles. The van der Waals surface area contributed by atoms with Gasteiger partial charge in [0.05, 0.1) is 12.9 Å². The van der Waals surface area contributed by atoms with E-state index in [1.807, 2.05) is 30.3 Å². The van der Waals surface area contributed by atoms with Crippen LogP contribution < -0.4 is 39.8 Å². The zero-order chi connectivity index (χ0) is 27.7. The molecule has 1 fully saturated rings. The second kappa shape index (κ2) is 12.8. The first-order chi connectivity index (χ1) is 17.7. The summed E-state index contributed by atoms with van der Waals surface area (Å²) in [6, 6.07) is 9.46. The molecule has 2 aromatic heterocycles. The number of benzene rings is 1. The maximum Gasteiger partial charge on any atom is 1.00 e. The van der Waals surface area contributed by atoms with Gasteiger partial charge in [0.15, 0.2) is 23.2 Å². The fourth-order valence-corrected chi connectivity index (χ4v) is 6.51. The Kier molecular flexibility index (Phi) is 10.6. The molecular weight excluding hydrogens is 598 g/mol. The molecule has 208 valence electrons. The standard InChI is InChI=1S/C17H22N5O13P3.Na/c23-13-11(7-32-37(28,29)35-38(30,31)34-36(25,26)27)33-17(14(13)24)22-9-21-12-15(19-8-20-16(12)22)18-6-10-4-2-1-3-5-10;/h1-5,8-9,11,13-14,17,23-24H,6-7H2,(H,28,29)(H,30,31)(H,18,19,20)(H2,25,26,27);/q;+1/p-1/t11-,13-,14-,17-;/m1./s1. The van der Waals surface area contributed by atoms with Gasteiger partial charge in [-0.2, -0.15) is 4.31 Å². The number of aliphatic hydroxyl groups excluding tert-OH is 2. The van der Waals surface area contributed by atoms with Crippen LogP contribution in [0.4, 0.5) is 5.82 Å². The summed E-state index contributed by atoms with van der Waals surface area (Å²) in [6.07, 6.45) is -3.56. The summed E-state index contributed by atoms with van der Waals surface area (Å²) >= 11 is 0. The minimum Gasteiger partial charge on any atom is -0.756 e. The summed E-state index contributed by atoms with van der Waals surface area (Å²) in [5.41, 5.74) is 1.51. The fourth-order valence-electron chi connectivity index (χ4n) is 3.51. The van der Waals surface area contributed by atoms with Crippen molar-refractivity contribution in [1.29, 1.82) is 0 Å². The number of nitrogens with zero attached hydrogens (tertiary/aromatic N) is 4. The number of hydrogen-bond acceptors (Lipinski definition) is 14. The minimum atomic E-state index is -5.81. The summed E-state index contributed by atoms with van der Waals surface area (Å²) in [7, 11) is -17.1. The third-order valence-corrected chi connectivity index (χ3v) is 8.86. The van der Waals surface area contributed by atoms with Crippen molar-refractivity contribution >= 4 is 40.4 Å². The van der Waals surface area contributed by atoms with E-state index >= 15 is 0 Å². The Morgan fingerprint density at radius 3 is 2.36 bits per heavy atom. The summed E-state index contributed by atoms with van der Waals surface area (Å²) in [5, 5.41) is 24.0. The van der Waals surface area contributed by atoms with Gasteiger partial charge in [0.2, 0.25) is 0 Å². The first-order valence-electron chi connectivity index (χ1n) is 10.5. The zero-order valence-corrected chi connectivity index (χ0v) is 24.6. The third kappa shape index (κ3) is 8.44. The Morgan fingerprint density at radius 2 is 1.69 bits per heavy atom. The predicted octanol–water partition coefficient (Wildman–Crippen LogP) is -3.23. The quantitative estimate of drug-likeness (QED) is 0.0910. The molecule has 1 aliphatic rings. The van der Waals surface area contributed by atoms with Gasteiger partial charge < -0.3 is 39.8 Å². The minimum absolute atomic E-state index is 0. The van der Waals surface area contributed by atoms with Crippen LogP contribution in [0.2, 0.25) is 0 Å². The van der Waals surface area contributed by atoms with Crippen molar-refractivity contribution in [3.8, 4) is 0 Å². The Balaban J connectivity index is 0.00000420. The first-order valence-corrected chi connectivity index (χ1v) is 15.0. The van der Waals surface area contributed by atoms with E-state index in [0.717, 1.165) is 5.56 Å². The molecule has 22 heteroatoms. The van der Waals surface area contributed by atoms with Crippen molar-refractivity contribution in [2.45, 2.75) is 31.1 Å². The van der Waals surface area contributed by atoms with Gasteiger partial charge in [0, 0.05) is 6.54 Å². The number of aliphatic hydroxyl groups is 2. The summed E-state index contributed by atoms with van der Waals surface area (Å²) in [4.78, 5) is 50.4. The second-order valence-corrected chi connectivity index (χ2v) is 12.2. The number of rotatable bonds is 11. The van der Waals surface area contributed by atoms with E-state index in [9.17, 15) is 38.6 Å². The average Bonchev–Trinajstić information content (AvgIpc) is 3.36. The largest absolute Gasteiger partial charge is 1.00 e. The number of nitrogens with one attached hydrogen (secondary N) is 1. The van der Waals surface area contributed by atoms with Crippen LogP contribution in [0, 0.1) is 0 Å². The molecule has 0 radical (unpaired) electrons. The van der Waals surface area contributed by atoms with E-state index in [-0.39, 0.29) is 35.2 Å². The molecule has 18 nitrogen and oxygen atoms in total. The van der Waals surface area contributed by atoms with Gasteiger partial charge in [-0.05, 0) is 5.56 Å². The van der Waals surface area contributed by atoms with Crippen molar-refractivity contribution < 1.29 is 90.9 Å². The van der Waals surface area contributed by atoms with Gasteiger partial charge in [-0.25, -0.2) is 28.4 Å². The number of hydrogen-bond donors (Lipinski definition) is 6. The van der Waals surface area contributed by atoms with Gasteiger partial charge in [-0.15, -0.1) is 0 Å². The topological polar surface area (TPSA) is 268 Å². The molecule has 3 aromatic rings. The van der Waals surface area contributed by atoms with E-state index in [0.29, 0.717) is 17.9 Å². The number of phosphoric acid groups is 3. The number of imidazole rings is 1. The average molecular weight is 619 g/mol. The number of aromatic nitrogens is 4. The van der Waals surface area contributed by atoms with Crippen molar-refractivity contribution in [2.24, 2.45) is 0 Å². The Morgan fingerprint density at radius 1 is 1.00 bits per heavy atom. The number of ether oxygens (including phenoxy) is 1. The SMILES string of the molecule is O=P([O-])(O)OP(=O)(O)OP(=O)(O)OC[C@H]1O[C@@H](n2cnc3c(NCc4ccccc4)ncnc32)[C@H](O)[C@@H]1O.[Na+]. The Labute approximate surface area is 241 Å². The normalized spacial score (nSPS) is 25.8. The van der Waals surface area contributed by atoms with Crippen LogP contribution in [0.3, 0.4) is 0 Å². The van der Waals surface area contributed by atoms with Crippen molar-refractivity contribution in [3.05, 3.63) is 48.5 Å². The van der Waals surface area contributed by atoms with Gasteiger partial charge in [-0.3, -0.25) is 13.7 Å². The van der Waals surface area contributed by atoms with Crippen LogP contribution >= 0.6 is 23.5 Å². The molecule has 0 amide bonds. The van der Waals surface area contributed by atoms with E-state index in [2.05, 4.69) is 33.4 Å². The van der Waals surface area contributed by atoms with E-state index < -0.39 is 54.6 Å². The van der Waals surface area contributed by atoms with Crippen molar-refractivity contribution in [3.63, 3.8) is 0 Å². The maximum atomic E-state index is 11.9. The van der Waals surface area contributed by atoms with Crippen LogP contribution in [-0.4, -0.2) is 69.3 Å². The second-order valence-electron chi connectivity index (χ2n) is 7.80. The summed E-state index contributed by atoms with van der Waals surface area (Å²) in [6.45, 7) is -0.539. The van der Waals surface area contributed by atoms with Crippen LogP contribution in [0.1, 0.15) is 11.8 Å². The molecule has 0 bridgehead atoms. The predicted molar refractivity (Wildman–Crippen MR) is 123 cm³/mol. The van der Waals surface area contributed by atoms with Crippen molar-refractivity contribution in [1.82, 2.24) is 19.5 Å².